The highest BCUT2D eigenvalue weighted by Crippen LogP contribution is 2.22. The van der Waals surface area contributed by atoms with Crippen molar-refractivity contribution in [1.82, 2.24) is 9.55 Å². The van der Waals surface area contributed by atoms with E-state index >= 15 is 0 Å². The fraction of sp³-hybridized carbons (Fsp3) is 0.714. The molecule has 2 N–H and O–H groups in total. The summed E-state index contributed by atoms with van der Waals surface area (Å²) in [5.41, 5.74) is 5.82. The molecule has 2 atom stereocenters. The number of anilines is 1. The molecule has 0 radical (unpaired) electrons. The molecule has 1 aliphatic rings. The monoisotopic (exact) mass is 280 g/mol. The van der Waals surface area contributed by atoms with Crippen molar-refractivity contribution in [3.63, 3.8) is 0 Å². The Kier molecular flexibility index (Phi) is 4.77. The average Bonchev–Trinajstić information content (AvgIpc) is 2.46. The molecule has 1 fully saturated rings. The third-order valence-electron chi connectivity index (χ3n) is 3.95. The van der Waals surface area contributed by atoms with Crippen LogP contribution in [0.4, 0.5) is 5.82 Å². The predicted molar refractivity (Wildman–Crippen MR) is 79.1 cm³/mol. The number of rotatable bonds is 4. The third kappa shape index (κ3) is 2.86. The van der Waals surface area contributed by atoms with Crippen LogP contribution in [0.1, 0.15) is 32.7 Å². The third-order valence-corrected chi connectivity index (χ3v) is 3.95. The normalized spacial score (nSPS) is 23.4. The van der Waals surface area contributed by atoms with E-state index in [0.717, 1.165) is 19.4 Å². The molecule has 1 aromatic heterocycles. The molecule has 20 heavy (non-hydrogen) atoms. The predicted octanol–water partition coefficient (Wildman–Crippen LogP) is 0.767. The van der Waals surface area contributed by atoms with E-state index in [-0.39, 0.29) is 23.7 Å². The van der Waals surface area contributed by atoms with Gasteiger partial charge in [0.25, 0.3) is 5.56 Å². The second-order valence-corrected chi connectivity index (χ2v) is 5.52. The number of hydrogen-bond donors (Lipinski definition) is 1. The Labute approximate surface area is 119 Å². The van der Waals surface area contributed by atoms with Crippen LogP contribution >= 0.6 is 0 Å². The van der Waals surface area contributed by atoms with Gasteiger partial charge in [0, 0.05) is 44.7 Å². The van der Waals surface area contributed by atoms with Crippen LogP contribution in [0, 0.1) is 0 Å². The van der Waals surface area contributed by atoms with Gasteiger partial charge in [-0.15, -0.1) is 0 Å². The SMILES string of the molecule is COC1CCN(c2nccn(C(C)C)c2=O)C(CN)C1. The summed E-state index contributed by atoms with van der Waals surface area (Å²) in [7, 11) is 1.72. The summed E-state index contributed by atoms with van der Waals surface area (Å²) in [6.07, 6.45) is 5.37. The molecule has 0 aliphatic carbocycles. The molecule has 6 heteroatoms. The first-order chi connectivity index (χ1) is 9.58. The van der Waals surface area contributed by atoms with Crippen LogP contribution in [-0.2, 0) is 4.74 Å². The van der Waals surface area contributed by atoms with E-state index in [2.05, 4.69) is 4.98 Å². The standard InChI is InChI=1S/C14H24N4O2/c1-10(2)17-7-5-16-13(14(17)19)18-6-4-12(20-3)8-11(18)9-15/h5,7,10-12H,4,6,8-9,15H2,1-3H3. The van der Waals surface area contributed by atoms with Gasteiger partial charge in [0.1, 0.15) is 0 Å². The van der Waals surface area contributed by atoms with Gasteiger partial charge in [-0.2, -0.15) is 0 Å². The van der Waals surface area contributed by atoms with Crippen molar-refractivity contribution in [2.24, 2.45) is 5.73 Å². The van der Waals surface area contributed by atoms with Gasteiger partial charge in [-0.25, -0.2) is 4.98 Å². The maximum absolute atomic E-state index is 12.5. The van der Waals surface area contributed by atoms with E-state index in [1.54, 1.807) is 24.1 Å². The van der Waals surface area contributed by atoms with Gasteiger partial charge < -0.3 is 19.9 Å². The summed E-state index contributed by atoms with van der Waals surface area (Å²) in [6, 6.07) is 0.231. The Hall–Kier alpha value is -1.40. The van der Waals surface area contributed by atoms with Gasteiger partial charge in [-0.1, -0.05) is 0 Å². The van der Waals surface area contributed by atoms with Gasteiger partial charge >= 0.3 is 0 Å². The minimum Gasteiger partial charge on any atom is -0.381 e. The summed E-state index contributed by atoms with van der Waals surface area (Å²) in [4.78, 5) is 18.8. The highest BCUT2D eigenvalue weighted by molar-refractivity contribution is 5.38. The zero-order chi connectivity index (χ0) is 14.7. The van der Waals surface area contributed by atoms with Gasteiger partial charge in [0.2, 0.25) is 0 Å². The number of aromatic nitrogens is 2. The summed E-state index contributed by atoms with van der Waals surface area (Å²) in [6.45, 7) is 5.23. The van der Waals surface area contributed by atoms with Crippen molar-refractivity contribution in [2.45, 2.75) is 44.9 Å². The molecule has 0 spiro atoms. The first-order valence-electron chi connectivity index (χ1n) is 7.15. The van der Waals surface area contributed by atoms with Crippen molar-refractivity contribution >= 4 is 5.82 Å². The topological polar surface area (TPSA) is 73.4 Å². The van der Waals surface area contributed by atoms with Crippen molar-refractivity contribution in [2.75, 3.05) is 25.1 Å². The molecule has 2 unspecified atom stereocenters. The molecule has 0 aromatic carbocycles. The van der Waals surface area contributed by atoms with Gasteiger partial charge in [-0.05, 0) is 26.7 Å². The molecule has 1 aliphatic heterocycles. The van der Waals surface area contributed by atoms with Crippen molar-refractivity contribution < 1.29 is 4.74 Å². The maximum Gasteiger partial charge on any atom is 0.293 e. The fourth-order valence-corrected chi connectivity index (χ4v) is 2.75. The van der Waals surface area contributed by atoms with Crippen molar-refractivity contribution in [1.29, 1.82) is 0 Å². The van der Waals surface area contributed by atoms with Gasteiger partial charge in [0.05, 0.1) is 6.10 Å². The van der Waals surface area contributed by atoms with Gasteiger partial charge in [-0.3, -0.25) is 4.79 Å². The van der Waals surface area contributed by atoms with Crippen molar-refractivity contribution in [3.8, 4) is 0 Å². The van der Waals surface area contributed by atoms with Gasteiger partial charge in [0.15, 0.2) is 5.82 Å². The molecule has 0 amide bonds. The molecule has 1 aromatic rings. The van der Waals surface area contributed by atoms with E-state index in [9.17, 15) is 4.79 Å². The fourth-order valence-electron chi connectivity index (χ4n) is 2.75. The first-order valence-corrected chi connectivity index (χ1v) is 7.15. The maximum atomic E-state index is 12.5. The number of piperidine rings is 1. The molecule has 0 saturated carbocycles. The Morgan fingerprint density at radius 1 is 1.55 bits per heavy atom. The summed E-state index contributed by atoms with van der Waals surface area (Å²) >= 11 is 0. The lowest BCUT2D eigenvalue weighted by molar-refractivity contribution is 0.0707. The number of hydrogen-bond acceptors (Lipinski definition) is 5. The first kappa shape index (κ1) is 15.0. The minimum absolute atomic E-state index is 0.0446. The smallest absolute Gasteiger partial charge is 0.293 e. The van der Waals surface area contributed by atoms with Crippen LogP contribution in [0.5, 0.6) is 0 Å². The zero-order valence-electron chi connectivity index (χ0n) is 12.5. The Balaban J connectivity index is 2.31. The van der Waals surface area contributed by atoms with Crippen LogP contribution in [0.15, 0.2) is 17.2 Å². The van der Waals surface area contributed by atoms with Crippen LogP contribution < -0.4 is 16.2 Å². The second kappa shape index (κ2) is 6.37. The van der Waals surface area contributed by atoms with E-state index in [1.165, 1.54) is 0 Å². The van der Waals surface area contributed by atoms with E-state index in [1.807, 2.05) is 18.7 Å². The molecular formula is C14H24N4O2. The molecule has 2 rings (SSSR count). The highest BCUT2D eigenvalue weighted by atomic mass is 16.5. The lowest BCUT2D eigenvalue weighted by Gasteiger charge is -2.38. The molecular weight excluding hydrogens is 256 g/mol. The largest absolute Gasteiger partial charge is 0.381 e. The average molecular weight is 280 g/mol. The van der Waals surface area contributed by atoms with Crippen LogP contribution in [-0.4, -0.2) is 41.9 Å². The Morgan fingerprint density at radius 3 is 2.90 bits per heavy atom. The molecule has 112 valence electrons. The number of nitrogens with zero attached hydrogens (tertiary/aromatic N) is 3. The molecule has 6 nitrogen and oxygen atoms in total. The second-order valence-electron chi connectivity index (χ2n) is 5.52. The lowest BCUT2D eigenvalue weighted by Crippen LogP contribution is -2.51. The van der Waals surface area contributed by atoms with E-state index in [4.69, 9.17) is 10.5 Å². The summed E-state index contributed by atoms with van der Waals surface area (Å²) in [5.74, 6) is 0.506. The minimum atomic E-state index is -0.0446. The number of nitrogens with two attached hydrogens (primary N) is 1. The molecule has 1 saturated heterocycles. The van der Waals surface area contributed by atoms with E-state index in [0.29, 0.717) is 12.4 Å². The zero-order valence-corrected chi connectivity index (χ0v) is 12.5. The van der Waals surface area contributed by atoms with Crippen LogP contribution in [0.25, 0.3) is 0 Å². The van der Waals surface area contributed by atoms with Crippen molar-refractivity contribution in [3.05, 3.63) is 22.7 Å². The lowest BCUT2D eigenvalue weighted by atomic mass is 9.99. The summed E-state index contributed by atoms with van der Waals surface area (Å²) in [5, 5.41) is 0. The van der Waals surface area contributed by atoms with Crippen LogP contribution in [0.2, 0.25) is 0 Å². The quantitative estimate of drug-likeness (QED) is 0.881. The summed E-state index contributed by atoms with van der Waals surface area (Å²) < 4.78 is 7.12. The van der Waals surface area contributed by atoms with E-state index < -0.39 is 0 Å². The number of methoxy groups -OCH3 is 1. The highest BCUT2D eigenvalue weighted by Gasteiger charge is 2.30. The Bertz CT molecular complexity index is 500. The van der Waals surface area contributed by atoms with Crippen LogP contribution in [0.3, 0.4) is 0 Å². The molecule has 0 bridgehead atoms. The number of ether oxygens (including phenoxy) is 1. The molecule has 2 heterocycles. The Morgan fingerprint density at radius 2 is 2.30 bits per heavy atom.